The van der Waals surface area contributed by atoms with Crippen molar-refractivity contribution in [1.82, 2.24) is 0 Å². The summed E-state index contributed by atoms with van der Waals surface area (Å²) in [5.41, 5.74) is 0.433. The predicted octanol–water partition coefficient (Wildman–Crippen LogP) is 3.69. The van der Waals surface area contributed by atoms with Crippen LogP contribution in [0.5, 0.6) is 17.2 Å². The maximum absolute atomic E-state index is 13.7. The molecule has 2 aromatic rings. The molecule has 2 aromatic carbocycles. The fourth-order valence-electron chi connectivity index (χ4n) is 2.00. The zero-order chi connectivity index (χ0) is 17.0. The maximum atomic E-state index is 13.7. The van der Waals surface area contributed by atoms with Crippen LogP contribution < -0.4 is 14.2 Å². The number of methoxy groups -OCH3 is 2. The van der Waals surface area contributed by atoms with Crippen LogP contribution in [0.4, 0.5) is 8.78 Å². The molecule has 1 atom stereocenters. The Labute approximate surface area is 132 Å². The molecule has 0 spiro atoms. The number of benzene rings is 2. The number of hydrogen-bond donors (Lipinski definition) is 0. The molecule has 0 amide bonds. The Bertz CT molecular complexity index is 716. The van der Waals surface area contributed by atoms with E-state index in [1.807, 2.05) is 0 Å². The molecule has 0 heterocycles. The standard InChI is InChI=1S/C17H16F2O4/c1-10(11-4-6-15(21-2)13(18)8-11)17(20)23-12-5-7-16(22-3)14(19)9-12/h4-10H,1-3H3. The molecule has 0 saturated heterocycles. The fraction of sp³-hybridized carbons (Fsp3) is 0.235. The second-order valence-electron chi connectivity index (χ2n) is 4.83. The zero-order valence-electron chi connectivity index (χ0n) is 12.9. The van der Waals surface area contributed by atoms with Crippen molar-refractivity contribution in [3.8, 4) is 17.2 Å². The summed E-state index contributed by atoms with van der Waals surface area (Å²) in [7, 11) is 2.69. The van der Waals surface area contributed by atoms with Gasteiger partial charge in [0.2, 0.25) is 0 Å². The molecule has 122 valence electrons. The molecule has 0 aliphatic rings. The number of hydrogen-bond acceptors (Lipinski definition) is 4. The molecule has 0 radical (unpaired) electrons. The first-order valence-corrected chi connectivity index (χ1v) is 6.85. The summed E-state index contributed by atoms with van der Waals surface area (Å²) in [6.45, 7) is 1.57. The molecule has 23 heavy (non-hydrogen) atoms. The van der Waals surface area contributed by atoms with Crippen molar-refractivity contribution in [1.29, 1.82) is 0 Å². The van der Waals surface area contributed by atoms with Crippen LogP contribution in [-0.4, -0.2) is 20.2 Å². The predicted molar refractivity (Wildman–Crippen MR) is 80.0 cm³/mol. The molecule has 2 rings (SSSR count). The van der Waals surface area contributed by atoms with Gasteiger partial charge < -0.3 is 14.2 Å². The lowest BCUT2D eigenvalue weighted by molar-refractivity contribution is -0.135. The molecule has 0 fully saturated rings. The molecule has 0 bridgehead atoms. The molecule has 0 aliphatic carbocycles. The van der Waals surface area contributed by atoms with E-state index in [2.05, 4.69) is 0 Å². The van der Waals surface area contributed by atoms with Gasteiger partial charge in [-0.2, -0.15) is 0 Å². The Kier molecular flexibility index (Phi) is 5.16. The number of ether oxygens (including phenoxy) is 3. The first kappa shape index (κ1) is 16.7. The van der Waals surface area contributed by atoms with E-state index >= 15 is 0 Å². The summed E-state index contributed by atoms with van der Waals surface area (Å²) in [5, 5.41) is 0. The molecular formula is C17H16F2O4. The lowest BCUT2D eigenvalue weighted by atomic mass is 10.0. The SMILES string of the molecule is COc1ccc(OC(=O)C(C)c2ccc(OC)c(F)c2)cc1F. The summed E-state index contributed by atoms with van der Waals surface area (Å²) < 4.78 is 42.0. The first-order chi connectivity index (χ1) is 11.0. The Hall–Kier alpha value is -2.63. The van der Waals surface area contributed by atoms with E-state index in [4.69, 9.17) is 14.2 Å². The van der Waals surface area contributed by atoms with Crippen molar-refractivity contribution >= 4 is 5.97 Å². The summed E-state index contributed by atoms with van der Waals surface area (Å²) in [6.07, 6.45) is 0. The highest BCUT2D eigenvalue weighted by Gasteiger charge is 2.20. The van der Waals surface area contributed by atoms with Crippen LogP contribution in [0, 0.1) is 11.6 Å². The minimum Gasteiger partial charge on any atom is -0.494 e. The summed E-state index contributed by atoms with van der Waals surface area (Å²) in [5.74, 6) is -2.36. The van der Waals surface area contributed by atoms with Crippen LogP contribution in [0.1, 0.15) is 18.4 Å². The van der Waals surface area contributed by atoms with Crippen LogP contribution >= 0.6 is 0 Å². The first-order valence-electron chi connectivity index (χ1n) is 6.85. The van der Waals surface area contributed by atoms with Gasteiger partial charge in [0.1, 0.15) is 5.75 Å². The highest BCUT2D eigenvalue weighted by atomic mass is 19.1. The van der Waals surface area contributed by atoms with Gasteiger partial charge in [-0.3, -0.25) is 4.79 Å². The third kappa shape index (κ3) is 3.77. The van der Waals surface area contributed by atoms with Crippen molar-refractivity contribution in [2.45, 2.75) is 12.8 Å². The molecule has 0 aliphatic heterocycles. The minimum atomic E-state index is -0.722. The third-order valence-corrected chi connectivity index (χ3v) is 3.37. The second kappa shape index (κ2) is 7.09. The van der Waals surface area contributed by atoms with Crippen LogP contribution in [0.3, 0.4) is 0 Å². The van der Waals surface area contributed by atoms with E-state index in [9.17, 15) is 13.6 Å². The van der Waals surface area contributed by atoms with E-state index in [1.54, 1.807) is 13.0 Å². The van der Waals surface area contributed by atoms with Crippen molar-refractivity contribution in [3.05, 3.63) is 53.6 Å². The van der Waals surface area contributed by atoms with E-state index in [1.165, 1.54) is 38.5 Å². The number of carbonyl (C=O) groups excluding carboxylic acids is 1. The van der Waals surface area contributed by atoms with Gasteiger partial charge in [0.25, 0.3) is 0 Å². The van der Waals surface area contributed by atoms with Gasteiger partial charge in [-0.1, -0.05) is 6.07 Å². The molecule has 6 heteroatoms. The molecule has 4 nitrogen and oxygen atoms in total. The molecular weight excluding hydrogens is 306 g/mol. The second-order valence-corrected chi connectivity index (χ2v) is 4.83. The number of rotatable bonds is 5. The number of halogens is 2. The number of carbonyl (C=O) groups is 1. The lowest BCUT2D eigenvalue weighted by Crippen LogP contribution is -2.16. The fourth-order valence-corrected chi connectivity index (χ4v) is 2.00. The largest absolute Gasteiger partial charge is 0.494 e. The van der Waals surface area contributed by atoms with Gasteiger partial charge in [-0.05, 0) is 36.8 Å². The molecule has 1 unspecified atom stereocenters. The van der Waals surface area contributed by atoms with Crippen molar-refractivity contribution < 1.29 is 27.8 Å². The van der Waals surface area contributed by atoms with Crippen molar-refractivity contribution in [2.24, 2.45) is 0 Å². The summed E-state index contributed by atoms with van der Waals surface area (Å²) in [6, 6.07) is 8.04. The summed E-state index contributed by atoms with van der Waals surface area (Å²) in [4.78, 5) is 12.1. The van der Waals surface area contributed by atoms with Crippen LogP contribution in [0.25, 0.3) is 0 Å². The van der Waals surface area contributed by atoms with E-state index in [-0.39, 0.29) is 17.2 Å². The Balaban J connectivity index is 2.13. The monoisotopic (exact) mass is 322 g/mol. The quantitative estimate of drug-likeness (QED) is 0.622. The van der Waals surface area contributed by atoms with E-state index < -0.39 is 23.5 Å². The molecule has 0 N–H and O–H groups in total. The molecule has 0 aromatic heterocycles. The Morgan fingerprint density at radius 2 is 1.52 bits per heavy atom. The average molecular weight is 322 g/mol. The maximum Gasteiger partial charge on any atom is 0.318 e. The Morgan fingerprint density at radius 3 is 2.04 bits per heavy atom. The van der Waals surface area contributed by atoms with Gasteiger partial charge in [0.15, 0.2) is 23.1 Å². The van der Waals surface area contributed by atoms with Gasteiger partial charge in [0.05, 0.1) is 20.1 Å². The summed E-state index contributed by atoms with van der Waals surface area (Å²) >= 11 is 0. The Morgan fingerprint density at radius 1 is 0.957 bits per heavy atom. The van der Waals surface area contributed by atoms with Crippen LogP contribution in [0.15, 0.2) is 36.4 Å². The highest BCUT2D eigenvalue weighted by molar-refractivity contribution is 5.80. The zero-order valence-corrected chi connectivity index (χ0v) is 12.9. The normalized spacial score (nSPS) is 11.7. The van der Waals surface area contributed by atoms with Crippen LogP contribution in [0.2, 0.25) is 0 Å². The molecule has 0 saturated carbocycles. The number of esters is 1. The van der Waals surface area contributed by atoms with Gasteiger partial charge in [-0.15, -0.1) is 0 Å². The lowest BCUT2D eigenvalue weighted by Gasteiger charge is -2.13. The average Bonchev–Trinajstić information content (AvgIpc) is 2.54. The van der Waals surface area contributed by atoms with Crippen molar-refractivity contribution in [3.63, 3.8) is 0 Å². The topological polar surface area (TPSA) is 44.8 Å². The highest BCUT2D eigenvalue weighted by Crippen LogP contribution is 2.26. The van der Waals surface area contributed by atoms with Gasteiger partial charge >= 0.3 is 5.97 Å². The third-order valence-electron chi connectivity index (χ3n) is 3.37. The van der Waals surface area contributed by atoms with E-state index in [0.717, 1.165) is 6.07 Å². The van der Waals surface area contributed by atoms with Gasteiger partial charge in [0, 0.05) is 6.07 Å². The van der Waals surface area contributed by atoms with Crippen LogP contribution in [-0.2, 0) is 4.79 Å². The van der Waals surface area contributed by atoms with Gasteiger partial charge in [-0.25, -0.2) is 8.78 Å². The smallest absolute Gasteiger partial charge is 0.318 e. The minimum absolute atomic E-state index is 0.0501. The van der Waals surface area contributed by atoms with E-state index in [0.29, 0.717) is 5.56 Å². The van der Waals surface area contributed by atoms with Crippen molar-refractivity contribution in [2.75, 3.05) is 14.2 Å².